The summed E-state index contributed by atoms with van der Waals surface area (Å²) in [4.78, 5) is 4.40. The summed E-state index contributed by atoms with van der Waals surface area (Å²) in [7, 11) is 1.64. The van der Waals surface area contributed by atoms with Crippen molar-refractivity contribution in [3.63, 3.8) is 0 Å². The first-order valence-electron chi connectivity index (χ1n) is 6.87. The number of ether oxygens (including phenoxy) is 1. The van der Waals surface area contributed by atoms with Gasteiger partial charge in [-0.05, 0) is 48.2 Å². The lowest BCUT2D eigenvalue weighted by Gasteiger charge is -2.32. The summed E-state index contributed by atoms with van der Waals surface area (Å²) in [6.07, 6.45) is -2.36. The zero-order valence-corrected chi connectivity index (χ0v) is 14.6. The molecule has 2 aliphatic heterocycles. The van der Waals surface area contributed by atoms with Gasteiger partial charge in [-0.2, -0.15) is 5.10 Å². The molecule has 2 aromatic carbocycles. The molecular weight excluding hydrogens is 351 g/mol. The number of hydrogen-bond acceptors (Lipinski definition) is 4. The number of fused-ring (bicyclic) bond motifs is 3. The Labute approximate surface area is 143 Å². The van der Waals surface area contributed by atoms with Gasteiger partial charge in [0.25, 0.3) is 0 Å². The maximum absolute atomic E-state index is 6.30. The van der Waals surface area contributed by atoms with Gasteiger partial charge in [0.2, 0.25) is 0 Å². The monoisotopic (exact) mass is 362 g/mol. The van der Waals surface area contributed by atoms with Crippen LogP contribution in [0.2, 0.25) is 0 Å². The van der Waals surface area contributed by atoms with E-state index in [1.807, 2.05) is 53.2 Å². The Morgan fingerprint density at radius 1 is 1.17 bits per heavy atom. The van der Waals surface area contributed by atoms with E-state index < -0.39 is 6.34 Å². The van der Waals surface area contributed by atoms with E-state index >= 15 is 0 Å². The number of nitrogens with one attached hydrogen (secondary N) is 1. The summed E-state index contributed by atoms with van der Waals surface area (Å²) in [5.74, 6) is 1.36. The molecule has 2 aromatic rings. The van der Waals surface area contributed by atoms with Crippen LogP contribution in [0.4, 0.5) is 11.4 Å². The zero-order chi connectivity index (χ0) is 16.0. The number of nitrogens with zero attached hydrogens (tertiary/aromatic N) is 3. The van der Waals surface area contributed by atoms with Gasteiger partial charge in [0, 0.05) is 5.30 Å². The molecule has 0 aromatic heterocycles. The third kappa shape index (κ3) is 2.17. The number of anilines is 1. The van der Waals surface area contributed by atoms with Crippen LogP contribution in [-0.2, 0) is 11.8 Å². The Kier molecular flexibility index (Phi) is 3.41. The minimum atomic E-state index is -2.36. The van der Waals surface area contributed by atoms with E-state index in [0.717, 1.165) is 22.4 Å². The molecule has 2 heterocycles. The molecule has 0 bridgehead atoms. The Hall–Kier alpha value is -1.88. The van der Waals surface area contributed by atoms with E-state index in [1.54, 1.807) is 7.11 Å². The van der Waals surface area contributed by atoms with Crippen molar-refractivity contribution in [3.05, 3.63) is 48.5 Å². The standard InChI is InChI=1S/C15H12ClN4OPS/c1-21-10-6-8-11(9-7-10)22(23)19-18-15-14(16)17-12-4-2-3-5-13(12)20(15)22/h2-9H,1H3,(H,19,23). The van der Waals surface area contributed by atoms with Crippen LogP contribution in [0.25, 0.3) is 0 Å². The Morgan fingerprint density at radius 2 is 1.91 bits per heavy atom. The number of hydrazone groups is 1. The molecule has 0 saturated heterocycles. The number of aliphatic imine (C=N–C) groups is 1. The number of benzene rings is 2. The van der Waals surface area contributed by atoms with Crippen molar-refractivity contribution in [2.45, 2.75) is 0 Å². The number of hydrogen-bond donors (Lipinski definition) is 1. The predicted molar refractivity (Wildman–Crippen MR) is 99.4 cm³/mol. The smallest absolute Gasteiger partial charge is 0.196 e. The van der Waals surface area contributed by atoms with E-state index in [9.17, 15) is 0 Å². The molecule has 1 unspecified atom stereocenters. The summed E-state index contributed by atoms with van der Waals surface area (Å²) in [6.45, 7) is 0. The van der Waals surface area contributed by atoms with Crippen LogP contribution in [0.1, 0.15) is 0 Å². The van der Waals surface area contributed by atoms with Gasteiger partial charge >= 0.3 is 0 Å². The van der Waals surface area contributed by atoms with Gasteiger partial charge in [-0.25, -0.2) is 4.99 Å². The third-order valence-electron chi connectivity index (χ3n) is 3.71. The third-order valence-corrected chi connectivity index (χ3v) is 7.67. The predicted octanol–water partition coefficient (Wildman–Crippen LogP) is 3.34. The van der Waals surface area contributed by atoms with Gasteiger partial charge in [-0.15, -0.1) is 0 Å². The minimum absolute atomic E-state index is 0.344. The van der Waals surface area contributed by atoms with Gasteiger partial charge in [-0.1, -0.05) is 23.7 Å². The Morgan fingerprint density at radius 3 is 2.65 bits per heavy atom. The number of para-hydroxylation sites is 2. The molecule has 5 nitrogen and oxygen atoms in total. The first-order chi connectivity index (χ1) is 11.1. The fourth-order valence-corrected chi connectivity index (χ4v) is 5.95. The van der Waals surface area contributed by atoms with Gasteiger partial charge in [-0.3, -0.25) is 9.87 Å². The second kappa shape index (κ2) is 5.34. The van der Waals surface area contributed by atoms with E-state index in [1.165, 1.54) is 0 Å². The number of rotatable bonds is 2. The maximum atomic E-state index is 6.30. The second-order valence-electron chi connectivity index (χ2n) is 5.01. The summed E-state index contributed by atoms with van der Waals surface area (Å²) in [6, 6.07) is 15.5. The molecule has 116 valence electrons. The van der Waals surface area contributed by atoms with E-state index in [2.05, 4.69) is 15.3 Å². The highest BCUT2D eigenvalue weighted by atomic mass is 35.5. The first kappa shape index (κ1) is 14.7. The first-order valence-corrected chi connectivity index (χ1v) is 10.0. The fraction of sp³-hybridized carbons (Fsp3) is 0.0667. The molecule has 2 aliphatic rings. The highest BCUT2D eigenvalue weighted by Crippen LogP contribution is 2.55. The molecule has 0 amide bonds. The maximum Gasteiger partial charge on any atom is 0.196 e. The van der Waals surface area contributed by atoms with Crippen molar-refractivity contribution in [2.24, 2.45) is 10.1 Å². The lowest BCUT2D eigenvalue weighted by Crippen LogP contribution is -2.34. The molecule has 1 atom stereocenters. The SMILES string of the molecule is COc1ccc(P2(=S)NN=C3C(Cl)=Nc4ccccc4N32)cc1. The topological polar surface area (TPSA) is 49.2 Å². The second-order valence-corrected chi connectivity index (χ2v) is 9.22. The van der Waals surface area contributed by atoms with Crippen molar-refractivity contribution in [1.29, 1.82) is 0 Å². The van der Waals surface area contributed by atoms with E-state index in [-0.39, 0.29) is 0 Å². The number of methoxy groups -OCH3 is 1. The average molecular weight is 363 g/mol. The molecule has 0 aliphatic carbocycles. The normalized spacial score (nSPS) is 21.7. The molecule has 4 rings (SSSR count). The van der Waals surface area contributed by atoms with Gasteiger partial charge in [0.05, 0.1) is 18.5 Å². The average Bonchev–Trinajstić information content (AvgIpc) is 2.95. The highest BCUT2D eigenvalue weighted by Gasteiger charge is 2.41. The molecule has 8 heteroatoms. The van der Waals surface area contributed by atoms with Crippen LogP contribution in [0.15, 0.2) is 58.6 Å². The van der Waals surface area contributed by atoms with Crippen molar-refractivity contribution < 1.29 is 4.74 Å². The molecule has 0 saturated carbocycles. The lowest BCUT2D eigenvalue weighted by atomic mass is 10.2. The molecule has 0 radical (unpaired) electrons. The zero-order valence-electron chi connectivity index (χ0n) is 12.1. The van der Waals surface area contributed by atoms with Crippen molar-refractivity contribution in [3.8, 4) is 5.75 Å². The molecule has 23 heavy (non-hydrogen) atoms. The van der Waals surface area contributed by atoms with Crippen LogP contribution in [0.3, 0.4) is 0 Å². The molecule has 1 N–H and O–H groups in total. The quantitative estimate of drug-likeness (QED) is 0.832. The van der Waals surface area contributed by atoms with E-state index in [0.29, 0.717) is 11.0 Å². The highest BCUT2D eigenvalue weighted by molar-refractivity contribution is 8.18. The summed E-state index contributed by atoms with van der Waals surface area (Å²) < 4.78 is 7.23. The Bertz CT molecular complexity index is 897. The van der Waals surface area contributed by atoms with Gasteiger partial charge in [0.15, 0.2) is 17.3 Å². The molecular formula is C15H12ClN4OPS. The fourth-order valence-electron chi connectivity index (χ4n) is 2.59. The molecule has 0 spiro atoms. The summed E-state index contributed by atoms with van der Waals surface area (Å²) in [5.41, 5.74) is 1.71. The van der Waals surface area contributed by atoms with E-state index in [4.69, 9.17) is 28.1 Å². The van der Waals surface area contributed by atoms with Gasteiger partial charge < -0.3 is 4.74 Å². The lowest BCUT2D eigenvalue weighted by molar-refractivity contribution is 0.415. The van der Waals surface area contributed by atoms with Crippen molar-refractivity contribution in [1.82, 2.24) is 5.20 Å². The van der Waals surface area contributed by atoms with Crippen molar-refractivity contribution >= 4 is 57.4 Å². The Balaban J connectivity index is 1.86. The van der Waals surface area contributed by atoms with Crippen LogP contribution >= 0.6 is 17.9 Å². The van der Waals surface area contributed by atoms with Crippen LogP contribution in [0, 0.1) is 0 Å². The van der Waals surface area contributed by atoms with Crippen LogP contribution in [-0.4, -0.2) is 18.1 Å². The van der Waals surface area contributed by atoms with Crippen LogP contribution < -0.4 is 19.9 Å². The minimum Gasteiger partial charge on any atom is -0.497 e. The number of amidine groups is 1. The van der Waals surface area contributed by atoms with Crippen molar-refractivity contribution in [2.75, 3.05) is 11.8 Å². The molecule has 0 fully saturated rings. The summed E-state index contributed by atoms with van der Waals surface area (Å²) >= 11 is 12.3. The number of halogens is 1. The van der Waals surface area contributed by atoms with Gasteiger partial charge in [0.1, 0.15) is 5.75 Å². The largest absolute Gasteiger partial charge is 0.497 e. The van der Waals surface area contributed by atoms with Crippen LogP contribution in [0.5, 0.6) is 5.75 Å². The summed E-state index contributed by atoms with van der Waals surface area (Å²) in [5, 5.41) is 8.81.